The van der Waals surface area contributed by atoms with Gasteiger partial charge < -0.3 is 31.7 Å². The fourth-order valence-corrected chi connectivity index (χ4v) is 4.17. The number of unbranched alkanes of at least 4 members (excludes halogenated alkanes) is 2. The standard InChI is InChI=1S/C26H48N6O4/c1-3-35-26(34)24(9-5-7-17-31-20(2)28)32-22-12-10-21(11-13-22)14-19-36-25(33)23(29)8-4-6-16-30-18-15-27/h15,21,23-24,27,30H,3-14,16-19,29H2,1-2H3,(H2,28,31). The Kier molecular flexibility index (Phi) is 17.4. The summed E-state index contributed by atoms with van der Waals surface area (Å²) < 4.78 is 10.7. The number of nitrogens with zero attached hydrogens (tertiary/aromatic N) is 2. The summed E-state index contributed by atoms with van der Waals surface area (Å²) in [6.45, 7) is 6.37. The number of ether oxygens (including phenoxy) is 2. The van der Waals surface area contributed by atoms with Gasteiger partial charge >= 0.3 is 11.9 Å². The Balaban J connectivity index is 2.33. The highest BCUT2D eigenvalue weighted by Crippen LogP contribution is 2.26. The van der Waals surface area contributed by atoms with Gasteiger partial charge in [-0.3, -0.25) is 14.8 Å². The zero-order valence-electron chi connectivity index (χ0n) is 22.3. The molecule has 1 aliphatic rings. The second-order valence-electron chi connectivity index (χ2n) is 9.39. The first kappa shape index (κ1) is 31.7. The van der Waals surface area contributed by atoms with Gasteiger partial charge in [0.2, 0.25) is 0 Å². The van der Waals surface area contributed by atoms with E-state index in [0.29, 0.717) is 50.9 Å². The molecule has 0 bridgehead atoms. The largest absolute Gasteiger partial charge is 0.465 e. The molecule has 6 N–H and O–H groups in total. The summed E-state index contributed by atoms with van der Waals surface area (Å²) in [6.07, 6.45) is 10.5. The van der Waals surface area contributed by atoms with Gasteiger partial charge in [-0.2, -0.15) is 0 Å². The van der Waals surface area contributed by atoms with Crippen molar-refractivity contribution in [2.24, 2.45) is 27.4 Å². The third-order valence-corrected chi connectivity index (χ3v) is 6.26. The molecule has 0 aromatic rings. The lowest BCUT2D eigenvalue weighted by Crippen LogP contribution is -2.33. The van der Waals surface area contributed by atoms with Crippen molar-refractivity contribution < 1.29 is 19.1 Å². The Morgan fingerprint density at radius 3 is 2.53 bits per heavy atom. The van der Waals surface area contributed by atoms with Crippen LogP contribution in [-0.4, -0.2) is 74.6 Å². The van der Waals surface area contributed by atoms with Gasteiger partial charge in [-0.05, 0) is 90.5 Å². The summed E-state index contributed by atoms with van der Waals surface area (Å²) >= 11 is 0. The zero-order chi connectivity index (χ0) is 26.6. The first-order chi connectivity index (χ1) is 17.4. The molecule has 0 radical (unpaired) electrons. The van der Waals surface area contributed by atoms with E-state index in [9.17, 15) is 9.59 Å². The smallest absolute Gasteiger partial charge is 0.330 e. The molecule has 10 heteroatoms. The number of hydrogen-bond acceptors (Lipinski definition) is 9. The number of carbonyl (C=O) groups excluding carboxylic acids is 2. The van der Waals surface area contributed by atoms with E-state index in [4.69, 9.17) is 31.3 Å². The Hall–Kier alpha value is -2.33. The van der Waals surface area contributed by atoms with Crippen LogP contribution < -0.4 is 16.8 Å². The summed E-state index contributed by atoms with van der Waals surface area (Å²) in [5.74, 6) is 0.472. The van der Waals surface area contributed by atoms with Crippen molar-refractivity contribution in [1.29, 1.82) is 5.41 Å². The summed E-state index contributed by atoms with van der Waals surface area (Å²) in [5.41, 5.74) is 12.6. The van der Waals surface area contributed by atoms with Crippen LogP contribution >= 0.6 is 0 Å². The van der Waals surface area contributed by atoms with Crippen molar-refractivity contribution in [3.63, 3.8) is 0 Å². The van der Waals surface area contributed by atoms with Gasteiger partial charge in [0.25, 0.3) is 0 Å². The molecule has 0 heterocycles. The maximum absolute atomic E-state index is 12.4. The normalized spacial score (nSPS) is 17.8. The van der Waals surface area contributed by atoms with E-state index in [0.717, 1.165) is 70.0 Å². The van der Waals surface area contributed by atoms with Crippen LogP contribution in [-0.2, 0) is 19.1 Å². The molecule has 1 aliphatic carbocycles. The van der Waals surface area contributed by atoms with Gasteiger partial charge in [0.1, 0.15) is 12.1 Å². The fourth-order valence-electron chi connectivity index (χ4n) is 4.17. The molecule has 0 spiro atoms. The van der Waals surface area contributed by atoms with Crippen molar-refractivity contribution in [3.05, 3.63) is 0 Å². The topological polar surface area (TPSA) is 165 Å². The van der Waals surface area contributed by atoms with Crippen molar-refractivity contribution in [3.8, 4) is 0 Å². The van der Waals surface area contributed by atoms with Crippen LogP contribution in [0.25, 0.3) is 0 Å². The second-order valence-corrected chi connectivity index (χ2v) is 9.39. The number of aliphatic imine (C=N–C) groups is 2. The molecule has 2 atom stereocenters. The van der Waals surface area contributed by atoms with Crippen molar-refractivity contribution in [2.45, 2.75) is 96.6 Å². The minimum atomic E-state index is -0.580. The van der Waals surface area contributed by atoms with Gasteiger partial charge in [-0.1, -0.05) is 6.42 Å². The average Bonchev–Trinajstić information content (AvgIpc) is 2.85. The van der Waals surface area contributed by atoms with E-state index in [2.05, 4.69) is 10.3 Å². The van der Waals surface area contributed by atoms with Gasteiger partial charge in [-0.25, -0.2) is 4.79 Å². The number of esters is 2. The van der Waals surface area contributed by atoms with Crippen molar-refractivity contribution >= 4 is 29.7 Å². The minimum Gasteiger partial charge on any atom is -0.465 e. The number of hydrogen-bond donors (Lipinski definition) is 4. The summed E-state index contributed by atoms with van der Waals surface area (Å²) in [6, 6.07) is -1.03. The monoisotopic (exact) mass is 508 g/mol. The van der Waals surface area contributed by atoms with E-state index in [1.807, 2.05) is 6.92 Å². The van der Waals surface area contributed by atoms with Crippen LogP contribution in [0.2, 0.25) is 0 Å². The van der Waals surface area contributed by atoms with Gasteiger partial charge in [0, 0.05) is 25.0 Å². The third-order valence-electron chi connectivity index (χ3n) is 6.26. The Labute approximate surface area is 216 Å². The molecule has 0 amide bonds. The molecule has 2 unspecified atom stereocenters. The van der Waals surface area contributed by atoms with E-state index >= 15 is 0 Å². The van der Waals surface area contributed by atoms with Gasteiger partial charge in [0.05, 0.1) is 19.0 Å². The molecular formula is C26H48N6O4. The van der Waals surface area contributed by atoms with Crippen molar-refractivity contribution in [2.75, 3.05) is 32.8 Å². The molecule has 0 aliphatic heterocycles. The Morgan fingerprint density at radius 1 is 1.14 bits per heavy atom. The maximum Gasteiger partial charge on any atom is 0.330 e. The summed E-state index contributed by atoms with van der Waals surface area (Å²) in [7, 11) is 0. The van der Waals surface area contributed by atoms with Crippen LogP contribution in [0.15, 0.2) is 9.98 Å². The van der Waals surface area contributed by atoms with Crippen LogP contribution in [0.5, 0.6) is 0 Å². The third kappa shape index (κ3) is 14.9. The van der Waals surface area contributed by atoms with Crippen LogP contribution in [0.4, 0.5) is 0 Å². The highest BCUT2D eigenvalue weighted by Gasteiger charge is 2.23. The predicted molar refractivity (Wildman–Crippen MR) is 145 cm³/mol. The number of nitrogens with two attached hydrogens (primary N) is 2. The molecule has 0 aromatic carbocycles. The Morgan fingerprint density at radius 2 is 1.86 bits per heavy atom. The quantitative estimate of drug-likeness (QED) is 0.0901. The molecule has 1 fully saturated rings. The lowest BCUT2D eigenvalue weighted by Gasteiger charge is -2.24. The van der Waals surface area contributed by atoms with Crippen LogP contribution in [0.1, 0.15) is 84.5 Å². The Bertz CT molecular complexity index is 699. The van der Waals surface area contributed by atoms with E-state index in [1.165, 1.54) is 6.21 Å². The molecule has 0 aromatic heterocycles. The number of nitrogens with one attached hydrogen (secondary N) is 2. The number of carbonyl (C=O) groups is 2. The van der Waals surface area contributed by atoms with E-state index in [-0.39, 0.29) is 11.9 Å². The van der Waals surface area contributed by atoms with Gasteiger partial charge in [0.15, 0.2) is 0 Å². The molecule has 1 saturated carbocycles. The molecule has 36 heavy (non-hydrogen) atoms. The predicted octanol–water partition coefficient (Wildman–Crippen LogP) is 2.77. The molecule has 0 saturated heterocycles. The van der Waals surface area contributed by atoms with Crippen LogP contribution in [0, 0.1) is 11.3 Å². The number of amidine groups is 1. The van der Waals surface area contributed by atoms with Gasteiger partial charge in [-0.15, -0.1) is 0 Å². The van der Waals surface area contributed by atoms with Crippen LogP contribution in [0.3, 0.4) is 0 Å². The second kappa shape index (κ2) is 19.8. The highest BCUT2D eigenvalue weighted by molar-refractivity contribution is 5.88. The minimum absolute atomic E-state index is 0.253. The average molecular weight is 509 g/mol. The SMILES string of the molecule is CCOC(=O)C(CCCCN=C(C)N)N=C1CCC(CCOC(=O)C(N)CCCCNCC=N)CC1. The number of rotatable bonds is 19. The van der Waals surface area contributed by atoms with E-state index < -0.39 is 12.1 Å². The summed E-state index contributed by atoms with van der Waals surface area (Å²) in [4.78, 5) is 33.5. The first-order valence-electron chi connectivity index (χ1n) is 13.5. The molecule has 10 nitrogen and oxygen atoms in total. The lowest BCUT2D eigenvalue weighted by molar-refractivity contribution is -0.146. The summed E-state index contributed by atoms with van der Waals surface area (Å²) in [5, 5.41) is 10.1. The molecule has 1 rings (SSSR count). The van der Waals surface area contributed by atoms with Crippen molar-refractivity contribution in [1.82, 2.24) is 5.32 Å². The zero-order valence-corrected chi connectivity index (χ0v) is 22.3. The first-order valence-corrected chi connectivity index (χ1v) is 13.5. The molecule has 206 valence electrons. The highest BCUT2D eigenvalue weighted by atomic mass is 16.5. The molecular weight excluding hydrogens is 460 g/mol. The lowest BCUT2D eigenvalue weighted by atomic mass is 9.86. The maximum atomic E-state index is 12.4. The van der Waals surface area contributed by atoms with E-state index in [1.54, 1.807) is 6.92 Å². The fraction of sp³-hybridized carbons (Fsp3) is 0.808.